The normalized spacial score (nSPS) is 17.3. The fourth-order valence-electron chi connectivity index (χ4n) is 2.73. The van der Waals surface area contributed by atoms with Crippen molar-refractivity contribution in [2.75, 3.05) is 25.6 Å². The number of hydrogen-bond donors (Lipinski definition) is 3. The lowest BCUT2D eigenvalue weighted by Gasteiger charge is -2.23. The van der Waals surface area contributed by atoms with Gasteiger partial charge in [-0.2, -0.15) is 0 Å². The molecule has 1 aliphatic carbocycles. The van der Waals surface area contributed by atoms with E-state index in [0.717, 1.165) is 12.8 Å². The zero-order valence-electron chi connectivity index (χ0n) is 15.5. The highest BCUT2D eigenvalue weighted by Gasteiger charge is 2.15. The highest BCUT2D eigenvalue weighted by molar-refractivity contribution is 14.0. The lowest BCUT2D eigenvalue weighted by atomic mass is 9.95. The number of amides is 1. The SMILES string of the molecule is CN=C(NCCC(=O)NC1CCCCC1)NC(C)CCS(C)(=O)=O.I. The van der Waals surface area contributed by atoms with E-state index in [4.69, 9.17) is 0 Å². The summed E-state index contributed by atoms with van der Waals surface area (Å²) in [7, 11) is -1.30. The van der Waals surface area contributed by atoms with Gasteiger partial charge in [-0.05, 0) is 26.2 Å². The average molecular weight is 488 g/mol. The van der Waals surface area contributed by atoms with Gasteiger partial charge in [0.1, 0.15) is 9.84 Å². The van der Waals surface area contributed by atoms with Gasteiger partial charge >= 0.3 is 0 Å². The summed E-state index contributed by atoms with van der Waals surface area (Å²) < 4.78 is 22.4. The predicted molar refractivity (Wildman–Crippen MR) is 113 cm³/mol. The van der Waals surface area contributed by atoms with Gasteiger partial charge in [-0.25, -0.2) is 8.42 Å². The van der Waals surface area contributed by atoms with Crippen molar-refractivity contribution in [3.63, 3.8) is 0 Å². The third kappa shape index (κ3) is 12.4. The number of guanidine groups is 1. The quantitative estimate of drug-likeness (QED) is 0.273. The molecule has 0 heterocycles. The van der Waals surface area contributed by atoms with Crippen LogP contribution in [-0.2, 0) is 14.6 Å². The van der Waals surface area contributed by atoms with Crippen LogP contribution in [0.15, 0.2) is 4.99 Å². The largest absolute Gasteiger partial charge is 0.356 e. The second kappa shape index (κ2) is 12.7. The van der Waals surface area contributed by atoms with Crippen molar-refractivity contribution in [3.05, 3.63) is 0 Å². The number of nitrogens with zero attached hydrogens (tertiary/aromatic N) is 1. The van der Waals surface area contributed by atoms with Crippen LogP contribution in [0.25, 0.3) is 0 Å². The molecule has 1 unspecified atom stereocenters. The number of halogens is 1. The van der Waals surface area contributed by atoms with Crippen molar-refractivity contribution in [1.29, 1.82) is 0 Å². The molecule has 0 saturated heterocycles. The molecule has 7 nitrogen and oxygen atoms in total. The van der Waals surface area contributed by atoms with Gasteiger partial charge in [0.15, 0.2) is 5.96 Å². The first-order valence-corrected chi connectivity index (χ1v) is 10.8. The highest BCUT2D eigenvalue weighted by atomic mass is 127. The first-order valence-electron chi connectivity index (χ1n) is 8.74. The Morgan fingerprint density at radius 1 is 1.24 bits per heavy atom. The lowest BCUT2D eigenvalue weighted by molar-refractivity contribution is -0.121. The molecular formula is C16H33IN4O3S. The molecule has 0 aromatic carbocycles. The Morgan fingerprint density at radius 2 is 1.88 bits per heavy atom. The molecule has 3 N–H and O–H groups in total. The van der Waals surface area contributed by atoms with Gasteiger partial charge in [0, 0.05) is 38.4 Å². The molecular weight excluding hydrogens is 455 g/mol. The number of carbonyl (C=O) groups is 1. The second-order valence-electron chi connectivity index (χ2n) is 6.62. The topological polar surface area (TPSA) is 99.7 Å². The Kier molecular flexibility index (Phi) is 12.4. The van der Waals surface area contributed by atoms with Crippen molar-refractivity contribution in [3.8, 4) is 0 Å². The summed E-state index contributed by atoms with van der Waals surface area (Å²) in [4.78, 5) is 16.0. The zero-order valence-corrected chi connectivity index (χ0v) is 18.7. The Balaban J connectivity index is 0.00000576. The third-order valence-electron chi connectivity index (χ3n) is 4.14. The average Bonchev–Trinajstić information content (AvgIpc) is 2.52. The molecule has 1 fully saturated rings. The molecule has 9 heteroatoms. The molecule has 1 saturated carbocycles. The van der Waals surface area contributed by atoms with Gasteiger partial charge in [-0.3, -0.25) is 9.79 Å². The standard InChI is InChI=1S/C16H32N4O3S.HI/c1-13(10-12-24(3,22)23)19-16(17-2)18-11-9-15(21)20-14-7-5-4-6-8-14;/h13-14H,4-12H2,1-3H3,(H,20,21)(H2,17,18,19);1H. The molecule has 0 bridgehead atoms. The molecule has 0 radical (unpaired) electrons. The molecule has 1 amide bonds. The lowest BCUT2D eigenvalue weighted by Crippen LogP contribution is -2.44. The van der Waals surface area contributed by atoms with Crippen LogP contribution in [0.3, 0.4) is 0 Å². The van der Waals surface area contributed by atoms with E-state index in [9.17, 15) is 13.2 Å². The van der Waals surface area contributed by atoms with Crippen molar-refractivity contribution in [2.24, 2.45) is 4.99 Å². The first-order chi connectivity index (χ1) is 11.3. The van der Waals surface area contributed by atoms with E-state index >= 15 is 0 Å². The molecule has 1 atom stereocenters. The van der Waals surface area contributed by atoms with E-state index in [1.165, 1.54) is 25.5 Å². The number of nitrogens with one attached hydrogen (secondary N) is 3. The minimum Gasteiger partial charge on any atom is -0.356 e. The van der Waals surface area contributed by atoms with Crippen LogP contribution in [-0.4, -0.2) is 58.0 Å². The summed E-state index contributed by atoms with van der Waals surface area (Å²) >= 11 is 0. The number of carbonyl (C=O) groups excluding carboxylic acids is 1. The van der Waals surface area contributed by atoms with Gasteiger partial charge in [0.2, 0.25) is 5.91 Å². The fraction of sp³-hybridized carbons (Fsp3) is 0.875. The van der Waals surface area contributed by atoms with Gasteiger partial charge in [-0.15, -0.1) is 24.0 Å². The summed E-state index contributed by atoms with van der Waals surface area (Å²) in [6, 6.07) is 0.321. The number of sulfone groups is 1. The Labute approximate surface area is 169 Å². The second-order valence-corrected chi connectivity index (χ2v) is 8.88. The number of aliphatic imine (C=N–C) groups is 1. The van der Waals surface area contributed by atoms with Crippen LogP contribution in [0, 0.1) is 0 Å². The maximum absolute atomic E-state index is 11.9. The van der Waals surface area contributed by atoms with Gasteiger partial charge in [0.25, 0.3) is 0 Å². The van der Waals surface area contributed by atoms with E-state index in [2.05, 4.69) is 20.9 Å². The monoisotopic (exact) mass is 488 g/mol. The van der Waals surface area contributed by atoms with E-state index in [1.807, 2.05) is 6.92 Å². The van der Waals surface area contributed by atoms with Crippen LogP contribution >= 0.6 is 24.0 Å². The summed E-state index contributed by atoms with van der Waals surface area (Å²) in [5.74, 6) is 0.790. The minimum atomic E-state index is -2.96. The van der Waals surface area contributed by atoms with Crippen LogP contribution in [0.2, 0.25) is 0 Å². The summed E-state index contributed by atoms with van der Waals surface area (Å²) in [6.45, 7) is 2.41. The van der Waals surface area contributed by atoms with Crippen molar-refractivity contribution >= 4 is 45.7 Å². The number of rotatable bonds is 8. The molecule has 0 aromatic heterocycles. The Hall–Kier alpha value is -0.580. The third-order valence-corrected chi connectivity index (χ3v) is 5.12. The minimum absolute atomic E-state index is 0. The fourth-order valence-corrected chi connectivity index (χ4v) is 3.51. The maximum Gasteiger partial charge on any atom is 0.221 e. The van der Waals surface area contributed by atoms with E-state index in [1.54, 1.807) is 7.05 Å². The highest BCUT2D eigenvalue weighted by Crippen LogP contribution is 2.17. The Bertz CT molecular complexity index is 519. The van der Waals surface area contributed by atoms with Crippen molar-refractivity contribution in [1.82, 2.24) is 16.0 Å². The molecule has 0 aliphatic heterocycles. The molecule has 25 heavy (non-hydrogen) atoms. The molecule has 0 aromatic rings. The van der Waals surface area contributed by atoms with Gasteiger partial charge in [-0.1, -0.05) is 19.3 Å². The van der Waals surface area contributed by atoms with Gasteiger partial charge < -0.3 is 16.0 Å². The van der Waals surface area contributed by atoms with Crippen LogP contribution < -0.4 is 16.0 Å². The summed E-state index contributed by atoms with van der Waals surface area (Å²) in [6.07, 6.45) is 7.98. The molecule has 1 rings (SSSR count). The van der Waals surface area contributed by atoms with Crippen molar-refractivity contribution < 1.29 is 13.2 Å². The van der Waals surface area contributed by atoms with E-state index < -0.39 is 9.84 Å². The zero-order chi connectivity index (χ0) is 18.0. The number of hydrogen-bond acceptors (Lipinski definition) is 4. The van der Waals surface area contributed by atoms with Crippen LogP contribution in [0.5, 0.6) is 0 Å². The van der Waals surface area contributed by atoms with Crippen molar-refractivity contribution in [2.45, 2.75) is 64.0 Å². The Morgan fingerprint density at radius 3 is 2.44 bits per heavy atom. The summed E-state index contributed by atoms with van der Waals surface area (Å²) in [5.41, 5.74) is 0. The maximum atomic E-state index is 11.9. The predicted octanol–water partition coefficient (Wildman–Crippen LogP) is 1.43. The molecule has 1 aliphatic rings. The smallest absolute Gasteiger partial charge is 0.221 e. The molecule has 0 spiro atoms. The van der Waals surface area contributed by atoms with E-state index in [0.29, 0.717) is 31.4 Å². The van der Waals surface area contributed by atoms with Crippen LogP contribution in [0.1, 0.15) is 51.9 Å². The first kappa shape index (κ1) is 24.4. The summed E-state index contributed by atoms with van der Waals surface area (Å²) in [5, 5.41) is 9.31. The van der Waals surface area contributed by atoms with Crippen LogP contribution in [0.4, 0.5) is 0 Å². The van der Waals surface area contributed by atoms with Gasteiger partial charge in [0.05, 0.1) is 5.75 Å². The van der Waals surface area contributed by atoms with E-state index in [-0.39, 0.29) is 41.7 Å². The molecule has 148 valence electrons.